The lowest BCUT2D eigenvalue weighted by atomic mass is 10.1. The van der Waals surface area contributed by atoms with E-state index in [4.69, 9.17) is 4.74 Å². The second-order valence-electron chi connectivity index (χ2n) is 4.15. The maximum absolute atomic E-state index is 11.6. The SMILES string of the molecule is CCOC(=O)c1cnc2cc(NC(C)=O)ccc2c1O. The van der Waals surface area contributed by atoms with Crippen LogP contribution in [0, 0.1) is 0 Å². The van der Waals surface area contributed by atoms with Crippen molar-refractivity contribution in [2.45, 2.75) is 13.8 Å². The van der Waals surface area contributed by atoms with Gasteiger partial charge in [-0.05, 0) is 25.1 Å². The quantitative estimate of drug-likeness (QED) is 0.836. The van der Waals surface area contributed by atoms with Gasteiger partial charge >= 0.3 is 5.97 Å². The second kappa shape index (κ2) is 5.56. The number of aromatic nitrogens is 1. The van der Waals surface area contributed by atoms with Crippen LogP contribution in [0.4, 0.5) is 5.69 Å². The molecule has 0 radical (unpaired) electrons. The van der Waals surface area contributed by atoms with Gasteiger partial charge in [-0.1, -0.05) is 0 Å². The zero-order valence-corrected chi connectivity index (χ0v) is 11.1. The Balaban J connectivity index is 2.47. The number of fused-ring (bicyclic) bond motifs is 1. The molecule has 1 heterocycles. The molecule has 2 aromatic rings. The predicted octanol–water partition coefficient (Wildman–Crippen LogP) is 2.08. The number of nitrogens with one attached hydrogen (secondary N) is 1. The molecule has 0 atom stereocenters. The highest BCUT2D eigenvalue weighted by Crippen LogP contribution is 2.29. The van der Waals surface area contributed by atoms with Crippen molar-refractivity contribution in [3.8, 4) is 5.75 Å². The van der Waals surface area contributed by atoms with Crippen LogP contribution in [0.25, 0.3) is 10.9 Å². The third kappa shape index (κ3) is 2.69. The van der Waals surface area contributed by atoms with E-state index in [-0.39, 0.29) is 23.8 Å². The van der Waals surface area contributed by atoms with Crippen LogP contribution >= 0.6 is 0 Å². The molecule has 1 aromatic carbocycles. The number of amides is 1. The number of aromatic hydroxyl groups is 1. The van der Waals surface area contributed by atoms with Crippen molar-refractivity contribution in [2.75, 3.05) is 11.9 Å². The summed E-state index contributed by atoms with van der Waals surface area (Å²) in [7, 11) is 0. The zero-order chi connectivity index (χ0) is 14.7. The number of pyridine rings is 1. The predicted molar refractivity (Wildman–Crippen MR) is 73.7 cm³/mol. The van der Waals surface area contributed by atoms with Gasteiger partial charge in [0.25, 0.3) is 0 Å². The van der Waals surface area contributed by atoms with Crippen molar-refractivity contribution in [3.05, 3.63) is 30.0 Å². The minimum atomic E-state index is -0.620. The van der Waals surface area contributed by atoms with Gasteiger partial charge in [-0.25, -0.2) is 4.79 Å². The molecule has 0 spiro atoms. The van der Waals surface area contributed by atoms with Crippen LogP contribution in [0.1, 0.15) is 24.2 Å². The fourth-order valence-corrected chi connectivity index (χ4v) is 1.82. The Hall–Kier alpha value is -2.63. The average molecular weight is 274 g/mol. The van der Waals surface area contributed by atoms with Crippen LogP contribution in [0.2, 0.25) is 0 Å². The number of rotatable bonds is 3. The summed E-state index contributed by atoms with van der Waals surface area (Å²) in [5, 5.41) is 13.1. The highest BCUT2D eigenvalue weighted by molar-refractivity contribution is 6.00. The van der Waals surface area contributed by atoms with Crippen LogP contribution in [0.5, 0.6) is 5.75 Å². The Morgan fingerprint density at radius 3 is 2.80 bits per heavy atom. The van der Waals surface area contributed by atoms with Crippen molar-refractivity contribution >= 4 is 28.5 Å². The van der Waals surface area contributed by atoms with Gasteiger partial charge in [0.1, 0.15) is 11.3 Å². The summed E-state index contributed by atoms with van der Waals surface area (Å²) >= 11 is 0. The Morgan fingerprint density at radius 2 is 2.15 bits per heavy atom. The van der Waals surface area contributed by atoms with E-state index >= 15 is 0 Å². The van der Waals surface area contributed by atoms with Crippen molar-refractivity contribution in [1.82, 2.24) is 4.98 Å². The molecule has 2 rings (SSSR count). The smallest absolute Gasteiger partial charge is 0.343 e. The van der Waals surface area contributed by atoms with E-state index in [1.165, 1.54) is 13.1 Å². The Bertz CT molecular complexity index is 682. The Kier molecular flexibility index (Phi) is 3.84. The van der Waals surface area contributed by atoms with Gasteiger partial charge in [-0.2, -0.15) is 0 Å². The summed E-state index contributed by atoms with van der Waals surface area (Å²) < 4.78 is 4.84. The highest BCUT2D eigenvalue weighted by atomic mass is 16.5. The maximum Gasteiger partial charge on any atom is 0.343 e. The van der Waals surface area contributed by atoms with E-state index in [0.29, 0.717) is 16.6 Å². The van der Waals surface area contributed by atoms with Crippen LogP contribution in [-0.4, -0.2) is 28.6 Å². The molecule has 104 valence electrons. The van der Waals surface area contributed by atoms with E-state index in [9.17, 15) is 14.7 Å². The summed E-state index contributed by atoms with van der Waals surface area (Å²) in [6, 6.07) is 4.83. The number of carbonyl (C=O) groups is 2. The topological polar surface area (TPSA) is 88.5 Å². The molecule has 0 saturated heterocycles. The van der Waals surface area contributed by atoms with E-state index in [2.05, 4.69) is 10.3 Å². The number of ether oxygens (including phenoxy) is 1. The Morgan fingerprint density at radius 1 is 1.40 bits per heavy atom. The van der Waals surface area contributed by atoms with Crippen LogP contribution in [0.15, 0.2) is 24.4 Å². The largest absolute Gasteiger partial charge is 0.506 e. The van der Waals surface area contributed by atoms with Gasteiger partial charge in [-0.3, -0.25) is 9.78 Å². The van der Waals surface area contributed by atoms with Gasteiger partial charge in [0.05, 0.1) is 12.1 Å². The highest BCUT2D eigenvalue weighted by Gasteiger charge is 2.16. The molecular formula is C14H14N2O4. The third-order valence-corrected chi connectivity index (χ3v) is 2.66. The van der Waals surface area contributed by atoms with E-state index in [1.807, 2.05) is 0 Å². The Labute approximate surface area is 115 Å². The number of hydrogen-bond acceptors (Lipinski definition) is 5. The first-order valence-electron chi connectivity index (χ1n) is 6.09. The lowest BCUT2D eigenvalue weighted by Crippen LogP contribution is -2.07. The zero-order valence-electron chi connectivity index (χ0n) is 11.1. The summed E-state index contributed by atoms with van der Waals surface area (Å²) in [4.78, 5) is 26.7. The normalized spacial score (nSPS) is 10.3. The first-order valence-corrected chi connectivity index (χ1v) is 6.09. The number of benzene rings is 1. The van der Waals surface area contributed by atoms with E-state index < -0.39 is 5.97 Å². The van der Waals surface area contributed by atoms with E-state index in [1.54, 1.807) is 25.1 Å². The average Bonchev–Trinajstić information content (AvgIpc) is 2.38. The molecule has 0 aliphatic carbocycles. The van der Waals surface area contributed by atoms with Gasteiger partial charge < -0.3 is 15.2 Å². The first-order chi connectivity index (χ1) is 9.52. The van der Waals surface area contributed by atoms with Crippen molar-refractivity contribution in [1.29, 1.82) is 0 Å². The van der Waals surface area contributed by atoms with Crippen LogP contribution < -0.4 is 5.32 Å². The molecule has 1 amide bonds. The molecule has 0 aliphatic heterocycles. The number of esters is 1. The molecule has 20 heavy (non-hydrogen) atoms. The van der Waals surface area contributed by atoms with E-state index in [0.717, 1.165) is 0 Å². The van der Waals surface area contributed by atoms with Crippen LogP contribution in [-0.2, 0) is 9.53 Å². The molecule has 2 N–H and O–H groups in total. The lowest BCUT2D eigenvalue weighted by molar-refractivity contribution is -0.114. The molecule has 0 fully saturated rings. The molecule has 0 bridgehead atoms. The maximum atomic E-state index is 11.6. The summed E-state index contributed by atoms with van der Waals surface area (Å²) in [6.45, 7) is 3.31. The van der Waals surface area contributed by atoms with Gasteiger partial charge in [0, 0.05) is 24.2 Å². The van der Waals surface area contributed by atoms with Gasteiger partial charge in [-0.15, -0.1) is 0 Å². The minimum absolute atomic E-state index is 0.0200. The second-order valence-corrected chi connectivity index (χ2v) is 4.15. The fourth-order valence-electron chi connectivity index (χ4n) is 1.82. The van der Waals surface area contributed by atoms with Crippen molar-refractivity contribution in [3.63, 3.8) is 0 Å². The molecule has 1 aromatic heterocycles. The molecule has 6 heteroatoms. The summed E-state index contributed by atoms with van der Waals surface area (Å²) in [6.07, 6.45) is 1.26. The number of anilines is 1. The van der Waals surface area contributed by atoms with Crippen molar-refractivity contribution in [2.24, 2.45) is 0 Å². The first kappa shape index (κ1) is 13.8. The summed E-state index contributed by atoms with van der Waals surface area (Å²) in [5.41, 5.74) is 1.06. The lowest BCUT2D eigenvalue weighted by Gasteiger charge is -2.08. The minimum Gasteiger partial charge on any atom is -0.506 e. The molecule has 0 saturated carbocycles. The van der Waals surface area contributed by atoms with Gasteiger partial charge in [0.15, 0.2) is 0 Å². The van der Waals surface area contributed by atoms with Crippen molar-refractivity contribution < 1.29 is 19.4 Å². The molecular weight excluding hydrogens is 260 g/mol. The van der Waals surface area contributed by atoms with Crippen LogP contribution in [0.3, 0.4) is 0 Å². The number of nitrogens with zero attached hydrogens (tertiary/aromatic N) is 1. The number of carbonyl (C=O) groups excluding carboxylic acids is 2. The monoisotopic (exact) mass is 274 g/mol. The molecule has 0 unspecified atom stereocenters. The molecule has 6 nitrogen and oxygen atoms in total. The standard InChI is InChI=1S/C14H14N2O4/c1-3-20-14(19)11-7-15-12-6-9(16-8(2)17)4-5-10(12)13(11)18/h4-7H,3H2,1-2H3,(H,15,18)(H,16,17). The number of hydrogen-bond donors (Lipinski definition) is 2. The fraction of sp³-hybridized carbons (Fsp3) is 0.214. The third-order valence-electron chi connectivity index (χ3n) is 2.66. The summed E-state index contributed by atoms with van der Waals surface area (Å²) in [5.74, 6) is -0.995. The molecule has 0 aliphatic rings. The van der Waals surface area contributed by atoms with Gasteiger partial charge in [0.2, 0.25) is 5.91 Å².